The van der Waals surface area contributed by atoms with Gasteiger partial charge in [-0.2, -0.15) is 0 Å². The third kappa shape index (κ3) is 2.08. The number of pyridine rings is 1. The van der Waals surface area contributed by atoms with Crippen LogP contribution in [0.4, 0.5) is 0 Å². The Kier molecular flexibility index (Phi) is 3.06. The zero-order chi connectivity index (χ0) is 9.97. The van der Waals surface area contributed by atoms with Crippen LogP contribution in [-0.2, 0) is 0 Å². The third-order valence-electron chi connectivity index (χ3n) is 2.96. The van der Waals surface area contributed by atoms with Crippen LogP contribution in [0, 0.1) is 11.8 Å². The number of hydrogen-bond donors (Lipinski definition) is 0. The van der Waals surface area contributed by atoms with E-state index < -0.39 is 0 Å². The molecule has 1 saturated carbocycles. The van der Waals surface area contributed by atoms with Crippen LogP contribution in [0.1, 0.15) is 19.8 Å². The van der Waals surface area contributed by atoms with Gasteiger partial charge in [0.1, 0.15) is 0 Å². The van der Waals surface area contributed by atoms with Gasteiger partial charge in [0.2, 0.25) is 5.88 Å². The number of rotatable bonds is 3. The molecule has 0 N–H and O–H groups in total. The molecule has 0 unspecified atom stereocenters. The van der Waals surface area contributed by atoms with Gasteiger partial charge in [-0.05, 0) is 52.7 Å². The molecule has 2 atom stereocenters. The molecule has 0 aliphatic heterocycles. The summed E-state index contributed by atoms with van der Waals surface area (Å²) in [4.78, 5) is 4.16. The highest BCUT2D eigenvalue weighted by atomic mass is 79.9. The molecule has 14 heavy (non-hydrogen) atoms. The Balaban J connectivity index is 1.88. The highest BCUT2D eigenvalue weighted by molar-refractivity contribution is 9.10. The largest absolute Gasteiger partial charge is 0.477 e. The summed E-state index contributed by atoms with van der Waals surface area (Å²) < 4.78 is 6.59. The highest BCUT2D eigenvalue weighted by Crippen LogP contribution is 2.34. The fourth-order valence-electron chi connectivity index (χ4n) is 1.65. The van der Waals surface area contributed by atoms with Crippen molar-refractivity contribution >= 4 is 15.9 Å². The summed E-state index contributed by atoms with van der Waals surface area (Å²) in [7, 11) is 0. The average Bonchev–Trinajstić information content (AvgIpc) is 2.19. The van der Waals surface area contributed by atoms with E-state index >= 15 is 0 Å². The number of ether oxygens (including phenoxy) is 1. The van der Waals surface area contributed by atoms with Gasteiger partial charge in [-0.3, -0.25) is 0 Å². The molecule has 0 amide bonds. The molecule has 1 fully saturated rings. The molecular formula is C11H14BrNO. The Hall–Kier alpha value is -0.570. The fourth-order valence-corrected chi connectivity index (χ4v) is 2.02. The predicted molar refractivity (Wildman–Crippen MR) is 59.3 cm³/mol. The van der Waals surface area contributed by atoms with Crippen molar-refractivity contribution in [1.29, 1.82) is 0 Å². The van der Waals surface area contributed by atoms with Gasteiger partial charge in [0.05, 0.1) is 11.1 Å². The molecule has 0 spiro atoms. The number of aromatic nitrogens is 1. The molecule has 3 heteroatoms. The van der Waals surface area contributed by atoms with Crippen molar-refractivity contribution in [2.24, 2.45) is 11.8 Å². The molecule has 1 aliphatic carbocycles. The van der Waals surface area contributed by atoms with Crippen LogP contribution in [0.5, 0.6) is 5.88 Å². The monoisotopic (exact) mass is 255 g/mol. The van der Waals surface area contributed by atoms with E-state index in [0.717, 1.165) is 22.9 Å². The van der Waals surface area contributed by atoms with E-state index in [-0.39, 0.29) is 0 Å². The Labute approximate surface area is 92.8 Å². The van der Waals surface area contributed by atoms with Gasteiger partial charge in [-0.15, -0.1) is 0 Å². The molecule has 1 aromatic rings. The van der Waals surface area contributed by atoms with Crippen LogP contribution in [0.25, 0.3) is 0 Å². The second-order valence-corrected chi connectivity index (χ2v) is 4.77. The van der Waals surface area contributed by atoms with Crippen molar-refractivity contribution in [2.45, 2.75) is 19.8 Å². The van der Waals surface area contributed by atoms with Crippen molar-refractivity contribution in [2.75, 3.05) is 6.61 Å². The van der Waals surface area contributed by atoms with E-state index in [1.165, 1.54) is 12.8 Å². The Morgan fingerprint density at radius 3 is 3.00 bits per heavy atom. The lowest BCUT2D eigenvalue weighted by Crippen LogP contribution is -2.28. The summed E-state index contributed by atoms with van der Waals surface area (Å²) in [6.45, 7) is 3.09. The van der Waals surface area contributed by atoms with Gasteiger partial charge in [0.25, 0.3) is 0 Å². The van der Waals surface area contributed by atoms with Crippen molar-refractivity contribution in [1.82, 2.24) is 4.98 Å². The topological polar surface area (TPSA) is 22.1 Å². The Morgan fingerprint density at radius 1 is 1.57 bits per heavy atom. The maximum Gasteiger partial charge on any atom is 0.227 e. The van der Waals surface area contributed by atoms with Gasteiger partial charge >= 0.3 is 0 Å². The summed E-state index contributed by atoms with van der Waals surface area (Å²) in [5, 5.41) is 0. The molecule has 1 aromatic heterocycles. The van der Waals surface area contributed by atoms with Crippen LogP contribution < -0.4 is 4.74 Å². The highest BCUT2D eigenvalue weighted by Gasteiger charge is 2.27. The zero-order valence-corrected chi connectivity index (χ0v) is 9.83. The van der Waals surface area contributed by atoms with Crippen molar-refractivity contribution in [3.8, 4) is 5.88 Å². The molecule has 2 rings (SSSR count). The quantitative estimate of drug-likeness (QED) is 0.828. The first-order chi connectivity index (χ1) is 6.77. The zero-order valence-electron chi connectivity index (χ0n) is 8.24. The minimum absolute atomic E-state index is 0.714. The lowest BCUT2D eigenvalue weighted by Gasteiger charge is -2.33. The molecule has 1 aliphatic rings. The van der Waals surface area contributed by atoms with E-state index in [1.54, 1.807) is 6.20 Å². The summed E-state index contributed by atoms with van der Waals surface area (Å²) in [6, 6.07) is 3.84. The summed E-state index contributed by atoms with van der Waals surface area (Å²) >= 11 is 3.41. The van der Waals surface area contributed by atoms with Crippen LogP contribution in [0.15, 0.2) is 22.8 Å². The molecule has 0 bridgehead atoms. The van der Waals surface area contributed by atoms with Crippen LogP contribution in [-0.4, -0.2) is 11.6 Å². The summed E-state index contributed by atoms with van der Waals surface area (Å²) in [6.07, 6.45) is 4.40. The number of nitrogens with zero attached hydrogens (tertiary/aromatic N) is 1. The average molecular weight is 256 g/mol. The van der Waals surface area contributed by atoms with Crippen LogP contribution in [0.3, 0.4) is 0 Å². The summed E-state index contributed by atoms with van der Waals surface area (Å²) in [5.41, 5.74) is 0. The smallest absolute Gasteiger partial charge is 0.227 e. The second kappa shape index (κ2) is 4.30. The van der Waals surface area contributed by atoms with Crippen LogP contribution in [0.2, 0.25) is 0 Å². The van der Waals surface area contributed by atoms with Gasteiger partial charge in [-0.1, -0.05) is 6.92 Å². The van der Waals surface area contributed by atoms with Gasteiger partial charge < -0.3 is 4.74 Å². The number of hydrogen-bond acceptors (Lipinski definition) is 2. The molecule has 2 nitrogen and oxygen atoms in total. The fraction of sp³-hybridized carbons (Fsp3) is 0.545. The Bertz CT molecular complexity index is 316. The van der Waals surface area contributed by atoms with E-state index in [4.69, 9.17) is 4.74 Å². The third-order valence-corrected chi connectivity index (χ3v) is 3.56. The normalized spacial score (nSPS) is 25.6. The second-order valence-electron chi connectivity index (χ2n) is 3.92. The first-order valence-corrected chi connectivity index (χ1v) is 5.80. The Morgan fingerprint density at radius 2 is 2.43 bits per heavy atom. The molecule has 0 aromatic carbocycles. The SMILES string of the molecule is C[C@H]1CC[C@@H]1COc1ncccc1Br. The van der Waals surface area contributed by atoms with Crippen molar-refractivity contribution in [3.05, 3.63) is 22.8 Å². The van der Waals surface area contributed by atoms with Crippen molar-refractivity contribution < 1.29 is 4.74 Å². The lowest BCUT2D eigenvalue weighted by molar-refractivity contribution is 0.113. The van der Waals surface area contributed by atoms with Crippen LogP contribution >= 0.6 is 15.9 Å². The predicted octanol–water partition coefficient (Wildman–Crippen LogP) is 3.27. The van der Waals surface area contributed by atoms with Crippen molar-refractivity contribution in [3.63, 3.8) is 0 Å². The molecule has 1 heterocycles. The minimum Gasteiger partial charge on any atom is -0.477 e. The molecular weight excluding hydrogens is 242 g/mol. The maximum absolute atomic E-state index is 5.65. The summed E-state index contributed by atoms with van der Waals surface area (Å²) in [5.74, 6) is 2.26. The number of halogens is 1. The molecule has 76 valence electrons. The van der Waals surface area contributed by atoms with Gasteiger partial charge in [0, 0.05) is 6.20 Å². The first kappa shape index (κ1) is 9.97. The van der Waals surface area contributed by atoms with E-state index in [0.29, 0.717) is 5.88 Å². The van der Waals surface area contributed by atoms with E-state index in [9.17, 15) is 0 Å². The molecule has 0 saturated heterocycles. The van der Waals surface area contributed by atoms with E-state index in [2.05, 4.69) is 27.8 Å². The standard InChI is InChI=1S/C11H14BrNO/c1-8-4-5-9(8)7-14-11-10(12)3-2-6-13-11/h2-3,6,8-9H,4-5,7H2,1H3/t8-,9+/m0/s1. The van der Waals surface area contributed by atoms with Gasteiger partial charge in [0.15, 0.2) is 0 Å². The lowest BCUT2D eigenvalue weighted by atomic mass is 9.75. The van der Waals surface area contributed by atoms with E-state index in [1.807, 2.05) is 12.1 Å². The minimum atomic E-state index is 0.714. The molecule has 0 radical (unpaired) electrons. The maximum atomic E-state index is 5.65. The van der Waals surface area contributed by atoms with Gasteiger partial charge in [-0.25, -0.2) is 4.98 Å². The first-order valence-electron chi connectivity index (χ1n) is 5.00.